The van der Waals surface area contributed by atoms with E-state index in [0.717, 1.165) is 11.3 Å². The summed E-state index contributed by atoms with van der Waals surface area (Å²) in [6, 6.07) is 7.67. The van der Waals surface area contributed by atoms with Gasteiger partial charge in [-0.1, -0.05) is 19.1 Å². The van der Waals surface area contributed by atoms with E-state index in [1.165, 1.54) is 6.07 Å². The van der Waals surface area contributed by atoms with Gasteiger partial charge in [0.1, 0.15) is 5.82 Å². The third-order valence-electron chi connectivity index (χ3n) is 2.75. The number of benzene rings is 1. The molecule has 1 nitrogen and oxygen atoms in total. The maximum atomic E-state index is 13.1. The number of rotatable bonds is 1. The summed E-state index contributed by atoms with van der Waals surface area (Å²) in [7, 11) is 0. The lowest BCUT2D eigenvalue weighted by Crippen LogP contribution is -2.41. The zero-order valence-electron chi connectivity index (χ0n) is 9.03. The zero-order chi connectivity index (χ0) is 10.8. The molecular formula is C12H16FNS. The second kappa shape index (κ2) is 4.54. The fourth-order valence-corrected chi connectivity index (χ4v) is 3.07. The van der Waals surface area contributed by atoms with Crippen LogP contribution in [-0.2, 0) is 0 Å². The Bertz CT molecular complexity index is 342. The van der Waals surface area contributed by atoms with Crippen LogP contribution in [0.4, 0.5) is 4.39 Å². The molecule has 1 aliphatic heterocycles. The Morgan fingerprint density at radius 2 is 2.20 bits per heavy atom. The van der Waals surface area contributed by atoms with Gasteiger partial charge < -0.3 is 5.32 Å². The molecule has 1 heterocycles. The number of halogens is 1. The lowest BCUT2D eigenvalue weighted by atomic mass is 10.0. The van der Waals surface area contributed by atoms with E-state index in [0.29, 0.717) is 11.3 Å². The van der Waals surface area contributed by atoms with Crippen molar-refractivity contribution < 1.29 is 4.39 Å². The van der Waals surface area contributed by atoms with E-state index in [4.69, 9.17) is 0 Å². The van der Waals surface area contributed by atoms with Gasteiger partial charge in [-0.3, -0.25) is 0 Å². The summed E-state index contributed by atoms with van der Waals surface area (Å²) in [4.78, 5) is 0. The number of thioether (sulfide) groups is 1. The molecule has 1 aromatic rings. The Hall–Kier alpha value is -0.540. The van der Waals surface area contributed by atoms with Crippen molar-refractivity contribution in [2.24, 2.45) is 0 Å². The van der Waals surface area contributed by atoms with Crippen LogP contribution in [0.1, 0.15) is 25.5 Å². The van der Waals surface area contributed by atoms with Crippen molar-refractivity contribution in [1.29, 1.82) is 0 Å². The van der Waals surface area contributed by atoms with Crippen LogP contribution in [0, 0.1) is 5.82 Å². The minimum absolute atomic E-state index is 0.148. The fourth-order valence-electron chi connectivity index (χ4n) is 1.95. The standard InChI is InChI=1S/C12H16FNS/c1-8-7-15-9(2)12(14-8)10-4-3-5-11(13)6-10/h3-6,8-9,12,14H,7H2,1-2H3. The Kier molecular flexibility index (Phi) is 3.32. The Morgan fingerprint density at radius 3 is 2.93 bits per heavy atom. The number of hydrogen-bond donors (Lipinski definition) is 1. The van der Waals surface area contributed by atoms with E-state index >= 15 is 0 Å². The van der Waals surface area contributed by atoms with Crippen LogP contribution in [0.25, 0.3) is 0 Å². The van der Waals surface area contributed by atoms with Crippen molar-refractivity contribution in [3.05, 3.63) is 35.6 Å². The minimum Gasteiger partial charge on any atom is -0.306 e. The van der Waals surface area contributed by atoms with Crippen molar-refractivity contribution in [1.82, 2.24) is 5.32 Å². The van der Waals surface area contributed by atoms with Crippen molar-refractivity contribution in [3.63, 3.8) is 0 Å². The van der Waals surface area contributed by atoms with Crippen LogP contribution in [-0.4, -0.2) is 17.0 Å². The second-order valence-electron chi connectivity index (χ2n) is 4.14. The molecular weight excluding hydrogens is 209 g/mol. The van der Waals surface area contributed by atoms with Crippen LogP contribution < -0.4 is 5.32 Å². The third kappa shape index (κ3) is 2.52. The van der Waals surface area contributed by atoms with Gasteiger partial charge in [-0.25, -0.2) is 4.39 Å². The molecule has 0 amide bonds. The SMILES string of the molecule is CC1CSC(C)C(c2cccc(F)c2)N1. The topological polar surface area (TPSA) is 12.0 Å². The molecule has 0 radical (unpaired) electrons. The second-order valence-corrected chi connectivity index (χ2v) is 5.55. The summed E-state index contributed by atoms with van der Waals surface area (Å²) in [6.07, 6.45) is 0. The highest BCUT2D eigenvalue weighted by atomic mass is 32.2. The van der Waals surface area contributed by atoms with Crippen LogP contribution in [0.2, 0.25) is 0 Å². The van der Waals surface area contributed by atoms with E-state index in [2.05, 4.69) is 19.2 Å². The fraction of sp³-hybridized carbons (Fsp3) is 0.500. The van der Waals surface area contributed by atoms with Crippen molar-refractivity contribution in [3.8, 4) is 0 Å². The highest BCUT2D eigenvalue weighted by molar-refractivity contribution is 8.00. The first-order valence-corrected chi connectivity index (χ1v) is 6.35. The molecule has 82 valence electrons. The molecule has 15 heavy (non-hydrogen) atoms. The molecule has 3 unspecified atom stereocenters. The average molecular weight is 225 g/mol. The Labute approximate surface area is 94.5 Å². The molecule has 0 spiro atoms. The molecule has 1 saturated heterocycles. The quantitative estimate of drug-likeness (QED) is 0.788. The van der Waals surface area contributed by atoms with Gasteiger partial charge in [0.15, 0.2) is 0 Å². The number of nitrogens with one attached hydrogen (secondary N) is 1. The molecule has 0 saturated carbocycles. The lowest BCUT2D eigenvalue weighted by molar-refractivity contribution is 0.459. The monoisotopic (exact) mass is 225 g/mol. The summed E-state index contributed by atoms with van der Waals surface area (Å²) >= 11 is 1.95. The van der Waals surface area contributed by atoms with Gasteiger partial charge in [0.2, 0.25) is 0 Å². The van der Waals surface area contributed by atoms with Crippen LogP contribution in [0.3, 0.4) is 0 Å². The molecule has 0 aliphatic carbocycles. The predicted octanol–water partition coefficient (Wildman–Crippen LogP) is 2.98. The third-order valence-corrected chi connectivity index (χ3v) is 4.24. The summed E-state index contributed by atoms with van der Waals surface area (Å²) < 4.78 is 13.1. The summed E-state index contributed by atoms with van der Waals surface area (Å²) in [5.41, 5.74) is 1.06. The van der Waals surface area contributed by atoms with Gasteiger partial charge in [-0.05, 0) is 24.6 Å². The van der Waals surface area contributed by atoms with Gasteiger partial charge in [0.25, 0.3) is 0 Å². The van der Waals surface area contributed by atoms with Crippen LogP contribution in [0.15, 0.2) is 24.3 Å². The maximum Gasteiger partial charge on any atom is 0.123 e. The molecule has 3 atom stereocenters. The van der Waals surface area contributed by atoms with Gasteiger partial charge in [-0.2, -0.15) is 11.8 Å². The first-order valence-electron chi connectivity index (χ1n) is 5.30. The smallest absolute Gasteiger partial charge is 0.123 e. The number of hydrogen-bond acceptors (Lipinski definition) is 2. The average Bonchev–Trinajstić information content (AvgIpc) is 2.22. The largest absolute Gasteiger partial charge is 0.306 e. The first-order chi connectivity index (χ1) is 7.16. The highest BCUT2D eigenvalue weighted by Gasteiger charge is 2.26. The summed E-state index contributed by atoms with van der Waals surface area (Å²) in [5, 5.41) is 4.02. The van der Waals surface area contributed by atoms with Crippen molar-refractivity contribution >= 4 is 11.8 Å². The molecule has 0 aromatic heterocycles. The lowest BCUT2D eigenvalue weighted by Gasteiger charge is -2.34. The Balaban J connectivity index is 2.21. The maximum absolute atomic E-state index is 13.1. The van der Waals surface area contributed by atoms with Crippen LogP contribution in [0.5, 0.6) is 0 Å². The van der Waals surface area contributed by atoms with E-state index in [-0.39, 0.29) is 11.9 Å². The first kappa shape index (κ1) is 11.0. The van der Waals surface area contributed by atoms with Gasteiger partial charge in [0, 0.05) is 23.1 Å². The Morgan fingerprint density at radius 1 is 1.40 bits per heavy atom. The van der Waals surface area contributed by atoms with Crippen LogP contribution >= 0.6 is 11.8 Å². The van der Waals surface area contributed by atoms with Gasteiger partial charge in [0.05, 0.1) is 0 Å². The van der Waals surface area contributed by atoms with Crippen molar-refractivity contribution in [2.75, 3.05) is 5.75 Å². The van der Waals surface area contributed by atoms with Gasteiger partial charge in [-0.15, -0.1) is 0 Å². The van der Waals surface area contributed by atoms with Crippen molar-refractivity contribution in [2.45, 2.75) is 31.2 Å². The normalized spacial score (nSPS) is 31.5. The molecule has 1 aromatic carbocycles. The molecule has 3 heteroatoms. The van der Waals surface area contributed by atoms with E-state index < -0.39 is 0 Å². The van der Waals surface area contributed by atoms with E-state index in [1.54, 1.807) is 12.1 Å². The highest BCUT2D eigenvalue weighted by Crippen LogP contribution is 2.31. The van der Waals surface area contributed by atoms with E-state index in [1.807, 2.05) is 17.8 Å². The van der Waals surface area contributed by atoms with E-state index in [9.17, 15) is 4.39 Å². The molecule has 2 rings (SSSR count). The zero-order valence-corrected chi connectivity index (χ0v) is 9.85. The molecule has 1 aliphatic rings. The minimum atomic E-state index is -0.148. The molecule has 1 N–H and O–H groups in total. The summed E-state index contributed by atoms with van der Waals surface area (Å²) in [5.74, 6) is 0.984. The van der Waals surface area contributed by atoms with Gasteiger partial charge >= 0.3 is 0 Å². The predicted molar refractivity (Wildman–Crippen MR) is 63.7 cm³/mol. The molecule has 0 bridgehead atoms. The summed E-state index contributed by atoms with van der Waals surface area (Å²) in [6.45, 7) is 4.37. The molecule has 1 fully saturated rings.